The van der Waals surface area contributed by atoms with Crippen LogP contribution in [0.2, 0.25) is 0 Å². The molecule has 0 aliphatic heterocycles. The van der Waals surface area contributed by atoms with E-state index in [1.165, 1.54) is 6.07 Å². The molecule has 0 atom stereocenters. The number of aliphatic hydroxyl groups excluding tert-OH is 2. The Morgan fingerprint density at radius 3 is 2.69 bits per heavy atom. The van der Waals surface area contributed by atoms with Gasteiger partial charge in [0.05, 0.1) is 19.8 Å². The van der Waals surface area contributed by atoms with Crippen LogP contribution >= 0.6 is 0 Å². The second kappa shape index (κ2) is 7.00. The number of aliphatic hydroxyl groups is 2. The van der Waals surface area contributed by atoms with Crippen LogP contribution in [0.3, 0.4) is 0 Å². The van der Waals surface area contributed by atoms with E-state index in [-0.39, 0.29) is 50.0 Å². The van der Waals surface area contributed by atoms with Gasteiger partial charge in [0.1, 0.15) is 25.2 Å². The molecular weight excluding hydrogens is 216 g/mol. The maximum absolute atomic E-state index is 11.3. The largest absolute Gasteiger partial charge is 0.484 e. The summed E-state index contributed by atoms with van der Waals surface area (Å²) in [7, 11) is 0. The fourth-order valence-corrected chi connectivity index (χ4v) is 1.00. The lowest BCUT2D eigenvalue weighted by Crippen LogP contribution is -2.13. The van der Waals surface area contributed by atoms with Crippen LogP contribution in [-0.2, 0) is 11.3 Å². The van der Waals surface area contributed by atoms with E-state index in [0.29, 0.717) is 0 Å². The average Bonchev–Trinajstić information content (AvgIpc) is 2.30. The van der Waals surface area contributed by atoms with Gasteiger partial charge in [0, 0.05) is 6.07 Å². The lowest BCUT2D eigenvalue weighted by atomic mass is 10.4. The first kappa shape index (κ1) is 12.7. The van der Waals surface area contributed by atoms with Crippen molar-refractivity contribution in [3.8, 4) is 5.75 Å². The second-order valence-electron chi connectivity index (χ2n) is 2.92. The van der Waals surface area contributed by atoms with E-state index in [4.69, 9.17) is 24.1 Å². The van der Waals surface area contributed by atoms with Gasteiger partial charge in [-0.15, -0.1) is 0 Å². The third-order valence-electron chi connectivity index (χ3n) is 1.73. The van der Waals surface area contributed by atoms with E-state index >= 15 is 0 Å². The molecule has 1 aromatic rings. The van der Waals surface area contributed by atoms with Gasteiger partial charge in [-0.1, -0.05) is 0 Å². The maximum Gasteiger partial charge on any atom is 0.227 e. The Morgan fingerprint density at radius 2 is 2.06 bits per heavy atom. The number of hydrogen-bond donors (Lipinski definition) is 2. The predicted molar refractivity (Wildman–Crippen MR) is 54.3 cm³/mol. The minimum atomic E-state index is -0.350. The highest BCUT2D eigenvalue weighted by Gasteiger charge is 2.03. The fourth-order valence-electron chi connectivity index (χ4n) is 1.00. The monoisotopic (exact) mass is 230 g/mol. The molecule has 0 spiro atoms. The molecule has 90 valence electrons. The fraction of sp³-hybridized carbons (Fsp3) is 0.500. The van der Waals surface area contributed by atoms with E-state index < -0.39 is 0 Å². The highest BCUT2D eigenvalue weighted by atomic mass is 16.5. The van der Waals surface area contributed by atoms with Crippen molar-refractivity contribution in [2.75, 3.05) is 26.4 Å². The van der Waals surface area contributed by atoms with E-state index in [1.54, 1.807) is 0 Å². The molecule has 0 radical (unpaired) electrons. The van der Waals surface area contributed by atoms with E-state index in [9.17, 15) is 4.79 Å². The van der Waals surface area contributed by atoms with Gasteiger partial charge < -0.3 is 24.1 Å². The van der Waals surface area contributed by atoms with E-state index in [0.717, 1.165) is 6.26 Å². The lowest BCUT2D eigenvalue weighted by molar-refractivity contribution is 0.0697. The molecule has 2 N–H and O–H groups in total. The van der Waals surface area contributed by atoms with Crippen LogP contribution in [0.4, 0.5) is 0 Å². The van der Waals surface area contributed by atoms with Gasteiger partial charge in [-0.05, 0) is 0 Å². The summed E-state index contributed by atoms with van der Waals surface area (Å²) in [6, 6.07) is 1.17. The Hall–Kier alpha value is -1.37. The van der Waals surface area contributed by atoms with Gasteiger partial charge in [-0.3, -0.25) is 4.79 Å². The Bertz CT molecular complexity index is 359. The maximum atomic E-state index is 11.3. The third-order valence-corrected chi connectivity index (χ3v) is 1.73. The molecule has 1 aromatic heterocycles. The summed E-state index contributed by atoms with van der Waals surface area (Å²) in [5.74, 6) is 0.263. The number of ether oxygens (including phenoxy) is 2. The van der Waals surface area contributed by atoms with Crippen molar-refractivity contribution in [3.63, 3.8) is 0 Å². The molecule has 16 heavy (non-hydrogen) atoms. The molecule has 0 bridgehead atoms. The molecule has 0 saturated carbocycles. The van der Waals surface area contributed by atoms with Crippen LogP contribution < -0.4 is 10.2 Å². The molecule has 6 nitrogen and oxygen atoms in total. The molecule has 0 unspecified atom stereocenters. The van der Waals surface area contributed by atoms with Gasteiger partial charge in [-0.25, -0.2) is 0 Å². The van der Waals surface area contributed by atoms with Crippen molar-refractivity contribution >= 4 is 0 Å². The highest BCUT2D eigenvalue weighted by Crippen LogP contribution is 2.05. The van der Waals surface area contributed by atoms with Gasteiger partial charge in [0.15, 0.2) is 0 Å². The molecule has 0 aliphatic rings. The van der Waals surface area contributed by atoms with Crippen LogP contribution in [0.25, 0.3) is 0 Å². The Morgan fingerprint density at radius 1 is 1.25 bits per heavy atom. The van der Waals surface area contributed by atoms with Crippen LogP contribution in [0.5, 0.6) is 5.75 Å². The van der Waals surface area contributed by atoms with Crippen LogP contribution in [0.1, 0.15) is 5.76 Å². The Labute approximate surface area is 92.0 Å². The van der Waals surface area contributed by atoms with Crippen molar-refractivity contribution < 1.29 is 24.1 Å². The van der Waals surface area contributed by atoms with Crippen molar-refractivity contribution in [3.05, 3.63) is 28.3 Å². The zero-order valence-corrected chi connectivity index (χ0v) is 8.72. The zero-order valence-electron chi connectivity index (χ0n) is 8.72. The molecule has 1 heterocycles. The SMILES string of the molecule is O=c1cc(CO)occ1OCCOCCO. The summed E-state index contributed by atoms with van der Waals surface area (Å²) in [6.07, 6.45) is 1.15. The first-order chi connectivity index (χ1) is 7.77. The molecule has 6 heteroatoms. The molecule has 0 fully saturated rings. The predicted octanol–water partition coefficient (Wildman–Crippen LogP) is -0.480. The third kappa shape index (κ3) is 4.01. The lowest BCUT2D eigenvalue weighted by Gasteiger charge is -2.05. The topological polar surface area (TPSA) is 89.1 Å². The van der Waals surface area contributed by atoms with Gasteiger partial charge in [0.2, 0.25) is 11.2 Å². The van der Waals surface area contributed by atoms with Crippen LogP contribution in [-0.4, -0.2) is 36.6 Å². The summed E-state index contributed by atoms with van der Waals surface area (Å²) in [4.78, 5) is 11.3. The summed E-state index contributed by atoms with van der Waals surface area (Å²) >= 11 is 0. The average molecular weight is 230 g/mol. The standard InChI is InChI=1S/C10H14O6/c11-1-2-14-3-4-15-10-7-16-8(6-12)5-9(10)13/h5,7,11-12H,1-4,6H2. The Balaban J connectivity index is 2.39. The minimum Gasteiger partial charge on any atom is -0.484 e. The van der Waals surface area contributed by atoms with Gasteiger partial charge in [-0.2, -0.15) is 0 Å². The molecular formula is C10H14O6. The zero-order chi connectivity index (χ0) is 11.8. The van der Waals surface area contributed by atoms with Crippen molar-refractivity contribution in [2.45, 2.75) is 6.61 Å². The molecule has 1 rings (SSSR count). The summed E-state index contributed by atoms with van der Waals surface area (Å²) in [6.45, 7) is 0.342. The first-order valence-electron chi connectivity index (χ1n) is 4.82. The smallest absolute Gasteiger partial charge is 0.227 e. The Kier molecular flexibility index (Phi) is 5.55. The highest BCUT2D eigenvalue weighted by molar-refractivity contribution is 5.17. The van der Waals surface area contributed by atoms with Crippen molar-refractivity contribution in [1.82, 2.24) is 0 Å². The van der Waals surface area contributed by atoms with Crippen molar-refractivity contribution in [2.24, 2.45) is 0 Å². The molecule has 0 aromatic carbocycles. The number of rotatable bonds is 7. The first-order valence-corrected chi connectivity index (χ1v) is 4.82. The second-order valence-corrected chi connectivity index (χ2v) is 2.92. The summed E-state index contributed by atoms with van der Waals surface area (Å²) in [5.41, 5.74) is -0.350. The van der Waals surface area contributed by atoms with Gasteiger partial charge in [0.25, 0.3) is 0 Å². The van der Waals surface area contributed by atoms with Crippen molar-refractivity contribution in [1.29, 1.82) is 0 Å². The molecule has 0 saturated heterocycles. The summed E-state index contributed by atoms with van der Waals surface area (Å²) < 4.78 is 14.9. The van der Waals surface area contributed by atoms with E-state index in [2.05, 4.69) is 0 Å². The van der Waals surface area contributed by atoms with Crippen LogP contribution in [0, 0.1) is 0 Å². The molecule has 0 amide bonds. The molecule has 0 aliphatic carbocycles. The normalized spacial score (nSPS) is 10.4. The van der Waals surface area contributed by atoms with Gasteiger partial charge >= 0.3 is 0 Å². The minimum absolute atomic E-state index is 0.0483. The number of hydrogen-bond acceptors (Lipinski definition) is 6. The summed E-state index contributed by atoms with van der Waals surface area (Å²) in [5, 5.41) is 17.1. The van der Waals surface area contributed by atoms with Crippen LogP contribution in [0.15, 0.2) is 21.5 Å². The van der Waals surface area contributed by atoms with E-state index in [1.807, 2.05) is 0 Å². The quantitative estimate of drug-likeness (QED) is 0.615.